The monoisotopic (exact) mass is 621 g/mol. The predicted molar refractivity (Wildman–Crippen MR) is 130 cm³/mol. The van der Waals surface area contributed by atoms with Gasteiger partial charge in [0, 0.05) is 14.5 Å². The zero-order chi connectivity index (χ0) is 23.9. The number of rotatable bonds is 9. The molecule has 0 spiro atoms. The lowest BCUT2D eigenvalue weighted by atomic mass is 9.99. The first-order valence-electron chi connectivity index (χ1n) is 10.0. The van der Waals surface area contributed by atoms with Crippen LogP contribution >= 0.6 is 38.5 Å². The summed E-state index contributed by atoms with van der Waals surface area (Å²) in [5.74, 6) is -0.750. The van der Waals surface area contributed by atoms with Crippen LogP contribution in [0.25, 0.3) is 0 Å². The Morgan fingerprint density at radius 1 is 1.12 bits per heavy atom. The normalized spacial score (nSPS) is 14.5. The van der Waals surface area contributed by atoms with Crippen LogP contribution in [-0.2, 0) is 11.2 Å². The maximum atomic E-state index is 13.7. The van der Waals surface area contributed by atoms with Crippen molar-refractivity contribution < 1.29 is 18.0 Å². The minimum Gasteiger partial charge on any atom is -0.339 e. The van der Waals surface area contributed by atoms with Crippen molar-refractivity contribution in [3.8, 4) is 6.07 Å². The third kappa shape index (κ3) is 8.37. The van der Waals surface area contributed by atoms with Gasteiger partial charge in [0.1, 0.15) is 0 Å². The topological polar surface area (TPSA) is 64.9 Å². The molecule has 2 rings (SSSR count). The van der Waals surface area contributed by atoms with Crippen LogP contribution in [0.1, 0.15) is 37.4 Å². The molecule has 0 aliphatic carbocycles. The van der Waals surface area contributed by atoms with Crippen LogP contribution in [0.5, 0.6) is 0 Å². The summed E-state index contributed by atoms with van der Waals surface area (Å²) >= 11 is 5.38. The van der Waals surface area contributed by atoms with Gasteiger partial charge in [-0.1, -0.05) is 54.0 Å². The quantitative estimate of drug-likeness (QED) is 0.342. The Morgan fingerprint density at radius 3 is 2.22 bits per heavy atom. The lowest BCUT2D eigenvalue weighted by Crippen LogP contribution is -2.51. The number of hydrogen-bond acceptors (Lipinski definition) is 3. The Hall–Kier alpha value is -1.64. The molecule has 0 saturated carbocycles. The highest BCUT2D eigenvalue weighted by atomic mass is 127. The summed E-state index contributed by atoms with van der Waals surface area (Å²) in [5, 5.41) is 14.7. The number of benzene rings is 2. The molecule has 0 unspecified atom stereocenters. The van der Waals surface area contributed by atoms with E-state index in [1.165, 1.54) is 24.3 Å². The van der Waals surface area contributed by atoms with Gasteiger partial charge in [-0.15, -0.1) is 0 Å². The van der Waals surface area contributed by atoms with Crippen LogP contribution in [0.2, 0.25) is 0 Å². The third-order valence-electron chi connectivity index (χ3n) is 4.75. The molecule has 2 aromatic rings. The van der Waals surface area contributed by atoms with Crippen molar-refractivity contribution in [3.05, 3.63) is 67.7 Å². The maximum absolute atomic E-state index is 13.7. The summed E-state index contributed by atoms with van der Waals surface area (Å²) in [6, 6.07) is 11.6. The van der Waals surface area contributed by atoms with Crippen molar-refractivity contribution in [1.29, 1.82) is 5.26 Å². The number of amides is 1. The van der Waals surface area contributed by atoms with Crippen LogP contribution in [-0.4, -0.2) is 24.2 Å². The molecule has 0 aliphatic heterocycles. The second-order valence-corrected chi connectivity index (χ2v) is 10.1. The van der Waals surface area contributed by atoms with Gasteiger partial charge in [0.15, 0.2) is 6.04 Å². The van der Waals surface area contributed by atoms with Crippen molar-refractivity contribution in [3.63, 3.8) is 0 Å². The average molecular weight is 622 g/mol. The van der Waals surface area contributed by atoms with Gasteiger partial charge in [-0.05, 0) is 70.3 Å². The molecule has 0 saturated heterocycles. The molecule has 1 amide bonds. The van der Waals surface area contributed by atoms with Crippen molar-refractivity contribution in [2.75, 3.05) is 0 Å². The Morgan fingerprint density at radius 2 is 1.72 bits per heavy atom. The molecule has 172 valence electrons. The molecule has 0 fully saturated rings. The molecule has 4 nitrogen and oxygen atoms in total. The van der Waals surface area contributed by atoms with E-state index in [0.717, 1.165) is 9.13 Å². The molecule has 2 N–H and O–H groups in total. The standard InChI is InChI=1S/C23H24BrF3IN3O/c1-14(2)11-20(30-19(13-29)12-15-3-9-18(28)10-4-15)22(32)31-21(23(25,26)27)16-5-7-17(24)8-6-16/h3-10,14,19-21,30H,11-12H2,1-2H3,(H,31,32)/t19-,20-,21-/m0/s1. The average Bonchev–Trinajstić information content (AvgIpc) is 2.72. The number of nitriles is 1. The van der Waals surface area contributed by atoms with Crippen LogP contribution < -0.4 is 10.6 Å². The lowest BCUT2D eigenvalue weighted by Gasteiger charge is -2.27. The zero-order valence-electron chi connectivity index (χ0n) is 17.6. The van der Waals surface area contributed by atoms with Gasteiger partial charge in [0.25, 0.3) is 0 Å². The van der Waals surface area contributed by atoms with Crippen molar-refractivity contribution in [2.45, 2.75) is 51.0 Å². The number of carbonyl (C=O) groups is 1. The SMILES string of the molecule is CC(C)C[C@H](N[C@H](C#N)Cc1ccc(I)cc1)C(=O)N[C@@H](c1ccc(Br)cc1)C(F)(F)F. The fraction of sp³-hybridized carbons (Fsp3) is 0.391. The van der Waals surface area contributed by atoms with Crippen LogP contribution in [0.3, 0.4) is 0 Å². The fourth-order valence-electron chi connectivity index (χ4n) is 3.22. The molecule has 0 aromatic heterocycles. The summed E-state index contributed by atoms with van der Waals surface area (Å²) in [4.78, 5) is 12.9. The van der Waals surface area contributed by atoms with E-state index in [1.54, 1.807) is 0 Å². The van der Waals surface area contributed by atoms with E-state index in [-0.39, 0.29) is 11.5 Å². The second kappa shape index (κ2) is 12.0. The summed E-state index contributed by atoms with van der Waals surface area (Å²) < 4.78 is 42.9. The van der Waals surface area contributed by atoms with E-state index in [2.05, 4.69) is 55.2 Å². The van der Waals surface area contributed by atoms with E-state index in [0.29, 0.717) is 17.3 Å². The first kappa shape index (κ1) is 26.6. The highest BCUT2D eigenvalue weighted by Gasteiger charge is 2.42. The van der Waals surface area contributed by atoms with Crippen LogP contribution in [0.15, 0.2) is 53.0 Å². The molecule has 0 radical (unpaired) electrons. The van der Waals surface area contributed by atoms with E-state index in [4.69, 9.17) is 0 Å². The number of alkyl halides is 3. The molecule has 9 heteroatoms. The molecule has 0 heterocycles. The van der Waals surface area contributed by atoms with E-state index < -0.39 is 30.2 Å². The van der Waals surface area contributed by atoms with Gasteiger partial charge in [0.2, 0.25) is 5.91 Å². The van der Waals surface area contributed by atoms with Crippen molar-refractivity contribution in [1.82, 2.24) is 10.6 Å². The number of hydrogen-bond donors (Lipinski definition) is 2. The van der Waals surface area contributed by atoms with Crippen molar-refractivity contribution in [2.24, 2.45) is 5.92 Å². The van der Waals surface area contributed by atoms with E-state index in [9.17, 15) is 23.2 Å². The lowest BCUT2D eigenvalue weighted by molar-refractivity contribution is -0.164. The highest BCUT2D eigenvalue weighted by Crippen LogP contribution is 2.33. The predicted octanol–water partition coefficient (Wildman–Crippen LogP) is 5.91. The fourth-order valence-corrected chi connectivity index (χ4v) is 3.84. The number of halogens is 5. The van der Waals surface area contributed by atoms with Gasteiger partial charge >= 0.3 is 6.18 Å². The van der Waals surface area contributed by atoms with Gasteiger partial charge in [-0.25, -0.2) is 0 Å². The van der Waals surface area contributed by atoms with E-state index in [1.807, 2.05) is 38.1 Å². The number of nitrogens with one attached hydrogen (secondary N) is 2. The molecular weight excluding hydrogens is 598 g/mol. The largest absolute Gasteiger partial charge is 0.412 e. The first-order chi connectivity index (χ1) is 15.0. The minimum absolute atomic E-state index is 0.0351. The Bertz CT molecular complexity index is 927. The number of nitrogens with zero attached hydrogens (tertiary/aromatic N) is 1. The molecular formula is C23H24BrF3IN3O. The van der Waals surface area contributed by atoms with Gasteiger partial charge in [-0.3, -0.25) is 10.1 Å². The molecule has 2 aromatic carbocycles. The molecule has 0 aliphatic rings. The summed E-state index contributed by atoms with van der Waals surface area (Å²) in [6.07, 6.45) is -4.03. The molecule has 0 bridgehead atoms. The Kier molecular flexibility index (Phi) is 9.98. The van der Waals surface area contributed by atoms with Gasteiger partial charge in [-0.2, -0.15) is 18.4 Å². The third-order valence-corrected chi connectivity index (χ3v) is 6.00. The Balaban J connectivity index is 2.20. The molecule has 3 atom stereocenters. The Labute approximate surface area is 208 Å². The highest BCUT2D eigenvalue weighted by molar-refractivity contribution is 14.1. The first-order valence-corrected chi connectivity index (χ1v) is 11.9. The summed E-state index contributed by atoms with van der Waals surface area (Å²) in [5.41, 5.74) is 0.837. The van der Waals surface area contributed by atoms with Gasteiger partial charge < -0.3 is 5.32 Å². The summed E-state index contributed by atoms with van der Waals surface area (Å²) in [6.45, 7) is 3.75. The summed E-state index contributed by atoms with van der Waals surface area (Å²) in [7, 11) is 0. The molecule has 32 heavy (non-hydrogen) atoms. The van der Waals surface area contributed by atoms with E-state index >= 15 is 0 Å². The van der Waals surface area contributed by atoms with Crippen LogP contribution in [0.4, 0.5) is 13.2 Å². The maximum Gasteiger partial charge on any atom is 0.412 e. The smallest absolute Gasteiger partial charge is 0.339 e. The zero-order valence-corrected chi connectivity index (χ0v) is 21.3. The van der Waals surface area contributed by atoms with Crippen LogP contribution in [0, 0.1) is 20.8 Å². The van der Waals surface area contributed by atoms with Crippen molar-refractivity contribution >= 4 is 44.4 Å². The number of carbonyl (C=O) groups excluding carboxylic acids is 1. The minimum atomic E-state index is -4.66. The van der Waals surface area contributed by atoms with Gasteiger partial charge in [0.05, 0.1) is 18.2 Å². The second-order valence-electron chi connectivity index (χ2n) is 7.90.